The molecule has 26 heavy (non-hydrogen) atoms. The number of hydrogen-bond acceptors (Lipinski definition) is 3. The van der Waals surface area contributed by atoms with Gasteiger partial charge in [0.15, 0.2) is 5.76 Å². The van der Waals surface area contributed by atoms with Crippen molar-refractivity contribution in [3.8, 4) is 5.75 Å². The van der Waals surface area contributed by atoms with Crippen LogP contribution in [0.1, 0.15) is 40.4 Å². The van der Waals surface area contributed by atoms with Crippen LogP contribution in [0.4, 0.5) is 0 Å². The number of ether oxygens (including phenoxy) is 1. The smallest absolute Gasteiger partial charge is 0.289 e. The maximum Gasteiger partial charge on any atom is 0.289 e. The Morgan fingerprint density at radius 2 is 1.73 bits per heavy atom. The summed E-state index contributed by atoms with van der Waals surface area (Å²) in [4.78, 5) is 14.4. The molecule has 1 aromatic heterocycles. The highest BCUT2D eigenvalue weighted by Crippen LogP contribution is 2.22. The molecule has 4 heteroatoms. The van der Waals surface area contributed by atoms with Gasteiger partial charge in [0.05, 0.1) is 6.04 Å². The first-order chi connectivity index (χ1) is 12.5. The lowest BCUT2D eigenvalue weighted by molar-refractivity contribution is 0.0706. The van der Waals surface area contributed by atoms with Gasteiger partial charge in [-0.15, -0.1) is 0 Å². The molecule has 134 valence electrons. The van der Waals surface area contributed by atoms with Crippen LogP contribution in [0.2, 0.25) is 0 Å². The summed E-state index contributed by atoms with van der Waals surface area (Å²) in [5, 5.41) is 0. The Hall–Kier alpha value is -3.01. The van der Waals surface area contributed by atoms with Crippen molar-refractivity contribution in [2.24, 2.45) is 0 Å². The fraction of sp³-hybridized carbons (Fsp3) is 0.227. The predicted octanol–water partition coefficient (Wildman–Crippen LogP) is 5.00. The van der Waals surface area contributed by atoms with Crippen molar-refractivity contribution in [1.29, 1.82) is 0 Å². The monoisotopic (exact) mass is 349 g/mol. The highest BCUT2D eigenvalue weighted by atomic mass is 16.5. The number of benzene rings is 2. The lowest BCUT2D eigenvalue weighted by atomic mass is 10.1. The van der Waals surface area contributed by atoms with Gasteiger partial charge >= 0.3 is 0 Å². The molecule has 0 radical (unpaired) electrons. The molecule has 4 nitrogen and oxygen atoms in total. The van der Waals surface area contributed by atoms with E-state index in [-0.39, 0.29) is 18.6 Å². The van der Waals surface area contributed by atoms with E-state index in [4.69, 9.17) is 9.15 Å². The molecule has 0 bridgehead atoms. The molecule has 3 aromatic rings. The molecule has 1 amide bonds. The van der Waals surface area contributed by atoms with Gasteiger partial charge in [-0.3, -0.25) is 4.79 Å². The summed E-state index contributed by atoms with van der Waals surface area (Å²) in [6, 6.07) is 21.2. The highest BCUT2D eigenvalue weighted by Gasteiger charge is 2.21. The summed E-state index contributed by atoms with van der Waals surface area (Å²) in [7, 11) is 1.78. The normalized spacial score (nSPS) is 11.8. The van der Waals surface area contributed by atoms with Crippen molar-refractivity contribution in [2.45, 2.75) is 26.5 Å². The molecule has 3 rings (SSSR count). The van der Waals surface area contributed by atoms with E-state index >= 15 is 0 Å². The maximum atomic E-state index is 12.7. The number of nitrogens with zero attached hydrogens (tertiary/aromatic N) is 1. The van der Waals surface area contributed by atoms with Crippen LogP contribution in [0.25, 0.3) is 0 Å². The van der Waals surface area contributed by atoms with Crippen LogP contribution >= 0.6 is 0 Å². The van der Waals surface area contributed by atoms with Gasteiger partial charge in [0, 0.05) is 7.05 Å². The number of carbonyl (C=O) groups is 1. The van der Waals surface area contributed by atoms with Crippen LogP contribution in [-0.2, 0) is 6.61 Å². The van der Waals surface area contributed by atoms with Gasteiger partial charge in [0.2, 0.25) is 0 Å². The van der Waals surface area contributed by atoms with Crippen molar-refractivity contribution in [3.63, 3.8) is 0 Å². The number of aryl methyl sites for hydroxylation is 1. The van der Waals surface area contributed by atoms with Crippen LogP contribution in [0.3, 0.4) is 0 Å². The van der Waals surface area contributed by atoms with Crippen molar-refractivity contribution in [3.05, 3.63) is 89.4 Å². The van der Waals surface area contributed by atoms with Crippen LogP contribution in [0.5, 0.6) is 5.75 Å². The molecule has 2 aromatic carbocycles. The van der Waals surface area contributed by atoms with Crippen LogP contribution in [0.15, 0.2) is 71.1 Å². The molecule has 1 atom stereocenters. The van der Waals surface area contributed by atoms with Gasteiger partial charge in [-0.1, -0.05) is 48.0 Å². The van der Waals surface area contributed by atoms with E-state index in [2.05, 4.69) is 0 Å². The number of furan rings is 1. The summed E-state index contributed by atoms with van der Waals surface area (Å²) in [6.07, 6.45) is 0. The van der Waals surface area contributed by atoms with E-state index in [1.807, 2.05) is 68.4 Å². The summed E-state index contributed by atoms with van der Waals surface area (Å²) in [5.74, 6) is 1.56. The van der Waals surface area contributed by atoms with Crippen LogP contribution < -0.4 is 4.74 Å². The Morgan fingerprint density at radius 1 is 1.04 bits per heavy atom. The summed E-state index contributed by atoms with van der Waals surface area (Å²) < 4.78 is 11.4. The first kappa shape index (κ1) is 17.8. The molecule has 0 N–H and O–H groups in total. The Bertz CT molecular complexity index is 853. The lowest BCUT2D eigenvalue weighted by Crippen LogP contribution is -2.29. The van der Waals surface area contributed by atoms with E-state index in [0.717, 1.165) is 11.3 Å². The minimum absolute atomic E-state index is 0.0407. The van der Waals surface area contributed by atoms with Crippen LogP contribution in [-0.4, -0.2) is 17.9 Å². The van der Waals surface area contributed by atoms with E-state index in [1.54, 1.807) is 24.1 Å². The molecule has 0 saturated heterocycles. The zero-order valence-corrected chi connectivity index (χ0v) is 15.3. The lowest BCUT2D eigenvalue weighted by Gasteiger charge is -2.24. The number of hydrogen-bond donors (Lipinski definition) is 0. The molecule has 0 spiro atoms. The summed E-state index contributed by atoms with van der Waals surface area (Å²) in [6.45, 7) is 4.31. The number of rotatable bonds is 6. The second kappa shape index (κ2) is 7.91. The largest absolute Gasteiger partial charge is 0.486 e. The quantitative estimate of drug-likeness (QED) is 0.629. The molecule has 0 fully saturated rings. The first-order valence-corrected chi connectivity index (χ1v) is 8.65. The van der Waals surface area contributed by atoms with Crippen molar-refractivity contribution >= 4 is 5.91 Å². The number of amides is 1. The third kappa shape index (κ3) is 4.14. The molecule has 0 aliphatic heterocycles. The molecular weight excluding hydrogens is 326 g/mol. The van der Waals surface area contributed by atoms with Gasteiger partial charge in [-0.2, -0.15) is 0 Å². The molecule has 0 aliphatic carbocycles. The highest BCUT2D eigenvalue weighted by molar-refractivity contribution is 5.91. The molecular formula is C22H23NO3. The van der Waals surface area contributed by atoms with Gasteiger partial charge in [0.1, 0.15) is 18.1 Å². The fourth-order valence-corrected chi connectivity index (χ4v) is 2.66. The molecule has 0 saturated carbocycles. The van der Waals surface area contributed by atoms with Crippen LogP contribution in [0, 0.1) is 6.92 Å². The molecule has 0 unspecified atom stereocenters. The minimum Gasteiger partial charge on any atom is -0.486 e. The molecule has 1 heterocycles. The standard InChI is InChI=1S/C22H23NO3/c1-16-9-11-19(12-10-16)25-15-20-13-14-21(26-20)22(24)23(3)17(2)18-7-5-4-6-8-18/h4-14,17H,15H2,1-3H3/t17-/m1/s1. The van der Waals surface area contributed by atoms with E-state index in [1.165, 1.54) is 5.56 Å². The Kier molecular flexibility index (Phi) is 5.42. The van der Waals surface area contributed by atoms with Gasteiger partial charge in [-0.25, -0.2) is 0 Å². The topological polar surface area (TPSA) is 42.7 Å². The maximum absolute atomic E-state index is 12.7. The summed E-state index contributed by atoms with van der Waals surface area (Å²) >= 11 is 0. The Morgan fingerprint density at radius 3 is 2.42 bits per heavy atom. The van der Waals surface area contributed by atoms with Gasteiger partial charge in [-0.05, 0) is 43.7 Å². The zero-order valence-electron chi connectivity index (χ0n) is 15.3. The SMILES string of the molecule is Cc1ccc(OCc2ccc(C(=O)N(C)[C@H](C)c3ccccc3)o2)cc1. The van der Waals surface area contributed by atoms with Crippen molar-refractivity contribution in [2.75, 3.05) is 7.05 Å². The van der Waals surface area contributed by atoms with Crippen molar-refractivity contribution in [1.82, 2.24) is 4.90 Å². The predicted molar refractivity (Wildman–Crippen MR) is 101 cm³/mol. The average molecular weight is 349 g/mol. The third-order valence-corrected chi connectivity index (χ3v) is 4.46. The third-order valence-electron chi connectivity index (χ3n) is 4.46. The summed E-state index contributed by atoms with van der Waals surface area (Å²) in [5.41, 5.74) is 2.26. The second-order valence-corrected chi connectivity index (χ2v) is 6.37. The zero-order chi connectivity index (χ0) is 18.5. The second-order valence-electron chi connectivity index (χ2n) is 6.37. The average Bonchev–Trinajstić information content (AvgIpc) is 3.15. The van der Waals surface area contributed by atoms with E-state index < -0.39 is 0 Å². The molecule has 0 aliphatic rings. The Balaban J connectivity index is 1.63. The Labute approximate surface area is 154 Å². The van der Waals surface area contributed by atoms with Gasteiger partial charge < -0.3 is 14.1 Å². The minimum atomic E-state index is -0.150. The van der Waals surface area contributed by atoms with Gasteiger partial charge in [0.25, 0.3) is 5.91 Å². The van der Waals surface area contributed by atoms with E-state index in [0.29, 0.717) is 11.5 Å². The van der Waals surface area contributed by atoms with Crippen molar-refractivity contribution < 1.29 is 13.9 Å². The number of carbonyl (C=O) groups excluding carboxylic acids is 1. The fourth-order valence-electron chi connectivity index (χ4n) is 2.66. The van der Waals surface area contributed by atoms with E-state index in [9.17, 15) is 4.79 Å². The first-order valence-electron chi connectivity index (χ1n) is 8.65.